The van der Waals surface area contributed by atoms with Gasteiger partial charge in [0.05, 0.1) is 0 Å². The topological polar surface area (TPSA) is 166 Å². The third kappa shape index (κ3) is 2.68. The molecule has 2 amide bonds. The van der Waals surface area contributed by atoms with Crippen molar-refractivity contribution in [3.05, 3.63) is 17.2 Å². The number of aliphatic carboxylic acids is 1. The number of fused-ring (bicyclic) bond motifs is 1. The van der Waals surface area contributed by atoms with Gasteiger partial charge in [0, 0.05) is 11.5 Å². The van der Waals surface area contributed by atoms with Crippen molar-refractivity contribution in [3.63, 3.8) is 0 Å². The first-order chi connectivity index (χ1) is 10.9. The van der Waals surface area contributed by atoms with Crippen molar-refractivity contribution in [1.29, 1.82) is 0 Å². The summed E-state index contributed by atoms with van der Waals surface area (Å²) in [5.41, 5.74) is 11.2. The molecule has 0 aliphatic carbocycles. The van der Waals surface area contributed by atoms with Crippen LogP contribution in [0.25, 0.3) is 0 Å². The van der Waals surface area contributed by atoms with E-state index in [2.05, 4.69) is 10.2 Å². The Labute approximate surface area is 137 Å². The number of carbonyl (C=O) groups is 3. The minimum Gasteiger partial charge on any atom is -0.477 e. The highest BCUT2D eigenvalue weighted by Crippen LogP contribution is 2.40. The molecule has 122 valence electrons. The molecule has 12 heteroatoms. The Hall–Kier alpha value is -2.05. The van der Waals surface area contributed by atoms with Crippen LogP contribution in [0, 0.1) is 0 Å². The fourth-order valence-electron chi connectivity index (χ4n) is 2.21. The molecule has 10 nitrogen and oxygen atoms in total. The summed E-state index contributed by atoms with van der Waals surface area (Å²) in [6.07, 6.45) is 0. The molecule has 2 aliphatic heterocycles. The summed E-state index contributed by atoms with van der Waals surface area (Å²) < 4.78 is 5.02. The van der Waals surface area contributed by atoms with Crippen LogP contribution in [-0.4, -0.2) is 60.9 Å². The molecule has 0 saturated carbocycles. The number of nitrogens with zero attached hydrogens (tertiary/aromatic N) is 3. The van der Waals surface area contributed by atoms with Crippen LogP contribution in [-0.2, 0) is 9.59 Å². The van der Waals surface area contributed by atoms with Gasteiger partial charge in [0.2, 0.25) is 5.91 Å². The number of aromatic nitrogens is 2. The van der Waals surface area contributed by atoms with Crippen LogP contribution in [0.5, 0.6) is 0 Å². The van der Waals surface area contributed by atoms with Crippen LogP contribution in [0.1, 0.15) is 10.7 Å². The van der Waals surface area contributed by atoms with E-state index in [4.69, 9.17) is 15.9 Å². The quantitative estimate of drug-likeness (QED) is 0.432. The van der Waals surface area contributed by atoms with Crippen LogP contribution in [0.3, 0.4) is 0 Å². The second-order valence-corrected chi connectivity index (χ2v) is 6.75. The first-order valence-electron chi connectivity index (χ1n) is 6.32. The molecule has 0 bridgehead atoms. The van der Waals surface area contributed by atoms with E-state index >= 15 is 0 Å². The third-order valence-corrected chi connectivity index (χ3v) is 5.54. The number of nitrogens with two attached hydrogens (primary N) is 2. The van der Waals surface area contributed by atoms with Crippen molar-refractivity contribution in [2.75, 3.05) is 11.5 Å². The van der Waals surface area contributed by atoms with E-state index in [1.54, 1.807) is 0 Å². The SMILES string of the molecule is NC(=O)c1nnc(SCC2=C(C(=O)O)N3C(=O)C(N)[C@@H]3SC2)o1. The molecule has 1 saturated heterocycles. The standard InChI is InChI=1S/C11H11N5O5S2/c12-4-8(18)16-5(10(19)20)3(1-22-9(4)16)2-23-11-15-14-7(21-11)6(13)17/h4,9H,1-2,12H2,(H2,13,17)(H,19,20)/t4?,9-/m0/s1. The Kier molecular flexibility index (Phi) is 4.04. The first-order valence-corrected chi connectivity index (χ1v) is 8.35. The van der Waals surface area contributed by atoms with E-state index in [1.807, 2.05) is 0 Å². The summed E-state index contributed by atoms with van der Waals surface area (Å²) in [5, 5.41) is 16.2. The van der Waals surface area contributed by atoms with Gasteiger partial charge >= 0.3 is 17.8 Å². The predicted octanol–water partition coefficient (Wildman–Crippen LogP) is -1.16. The van der Waals surface area contributed by atoms with Crippen molar-refractivity contribution in [2.24, 2.45) is 11.5 Å². The second-order valence-electron chi connectivity index (χ2n) is 4.72. The largest absolute Gasteiger partial charge is 0.477 e. The number of hydrogen-bond acceptors (Lipinski definition) is 9. The molecular weight excluding hydrogens is 346 g/mol. The number of carboxylic acid groups (broad SMARTS) is 1. The van der Waals surface area contributed by atoms with Gasteiger partial charge in [0.15, 0.2) is 0 Å². The maximum Gasteiger partial charge on any atom is 0.352 e. The van der Waals surface area contributed by atoms with Gasteiger partial charge in [0.1, 0.15) is 17.1 Å². The Bertz CT molecular complexity index is 732. The molecule has 2 atom stereocenters. The van der Waals surface area contributed by atoms with E-state index in [0.29, 0.717) is 11.3 Å². The highest BCUT2D eigenvalue weighted by atomic mass is 32.2. The average Bonchev–Trinajstić information content (AvgIpc) is 3.00. The first kappa shape index (κ1) is 15.8. The molecule has 1 aromatic heterocycles. The Morgan fingerprint density at radius 2 is 2.22 bits per heavy atom. The van der Waals surface area contributed by atoms with Crippen molar-refractivity contribution in [2.45, 2.75) is 16.6 Å². The zero-order chi connectivity index (χ0) is 16.7. The minimum atomic E-state index is -1.19. The lowest BCUT2D eigenvalue weighted by atomic mass is 10.0. The molecule has 3 rings (SSSR count). The highest BCUT2D eigenvalue weighted by molar-refractivity contribution is 8.01. The van der Waals surface area contributed by atoms with Crippen molar-refractivity contribution < 1.29 is 23.9 Å². The van der Waals surface area contributed by atoms with Crippen LogP contribution < -0.4 is 11.5 Å². The number of amides is 2. The lowest BCUT2D eigenvalue weighted by Crippen LogP contribution is -2.68. The Balaban J connectivity index is 1.78. The zero-order valence-electron chi connectivity index (χ0n) is 11.5. The van der Waals surface area contributed by atoms with Gasteiger partial charge in [-0.2, -0.15) is 0 Å². The molecule has 1 aromatic rings. The maximum atomic E-state index is 11.8. The number of carboxylic acids is 1. The number of β-lactam (4-membered cyclic amide) rings is 1. The number of thioether (sulfide) groups is 2. The summed E-state index contributed by atoms with van der Waals surface area (Å²) in [6.45, 7) is 0. The normalized spacial score (nSPS) is 23.5. The van der Waals surface area contributed by atoms with Crippen LogP contribution in [0.2, 0.25) is 0 Å². The number of rotatable bonds is 5. The smallest absolute Gasteiger partial charge is 0.352 e. The predicted molar refractivity (Wildman–Crippen MR) is 79.3 cm³/mol. The van der Waals surface area contributed by atoms with E-state index in [-0.39, 0.29) is 27.9 Å². The second kappa shape index (κ2) is 5.86. The van der Waals surface area contributed by atoms with Crippen LogP contribution in [0.15, 0.2) is 20.9 Å². The van der Waals surface area contributed by atoms with E-state index < -0.39 is 23.8 Å². The zero-order valence-corrected chi connectivity index (χ0v) is 13.1. The van der Waals surface area contributed by atoms with Gasteiger partial charge < -0.3 is 21.0 Å². The summed E-state index contributed by atoms with van der Waals surface area (Å²) in [4.78, 5) is 35.4. The van der Waals surface area contributed by atoms with Crippen LogP contribution in [0.4, 0.5) is 0 Å². The van der Waals surface area contributed by atoms with Crippen molar-refractivity contribution in [3.8, 4) is 0 Å². The molecule has 3 heterocycles. The molecule has 0 spiro atoms. The van der Waals surface area contributed by atoms with Crippen molar-refractivity contribution in [1.82, 2.24) is 15.1 Å². The highest BCUT2D eigenvalue weighted by Gasteiger charge is 2.51. The van der Waals surface area contributed by atoms with Gasteiger partial charge in [-0.3, -0.25) is 14.5 Å². The van der Waals surface area contributed by atoms with Gasteiger partial charge in [-0.1, -0.05) is 11.8 Å². The molecule has 5 N–H and O–H groups in total. The van der Waals surface area contributed by atoms with Crippen LogP contribution >= 0.6 is 23.5 Å². The van der Waals surface area contributed by atoms with E-state index in [1.165, 1.54) is 16.7 Å². The van der Waals surface area contributed by atoms with E-state index in [0.717, 1.165) is 11.8 Å². The number of primary amides is 1. The lowest BCUT2D eigenvalue weighted by Gasteiger charge is -2.48. The third-order valence-electron chi connectivity index (χ3n) is 3.28. The summed E-state index contributed by atoms with van der Waals surface area (Å²) in [5.74, 6) is -2.10. The molecule has 1 unspecified atom stereocenters. The monoisotopic (exact) mass is 357 g/mol. The number of carbonyl (C=O) groups excluding carboxylic acids is 2. The van der Waals surface area contributed by atoms with Gasteiger partial charge in [-0.05, 0) is 5.57 Å². The summed E-state index contributed by atoms with van der Waals surface area (Å²) in [7, 11) is 0. The lowest BCUT2D eigenvalue weighted by molar-refractivity contribution is -0.147. The van der Waals surface area contributed by atoms with E-state index in [9.17, 15) is 19.5 Å². The van der Waals surface area contributed by atoms with Gasteiger partial charge in [0.25, 0.3) is 5.22 Å². The molecule has 0 aromatic carbocycles. The summed E-state index contributed by atoms with van der Waals surface area (Å²) in [6, 6.07) is -0.669. The Morgan fingerprint density at radius 1 is 1.48 bits per heavy atom. The molecule has 23 heavy (non-hydrogen) atoms. The average molecular weight is 357 g/mol. The maximum absolute atomic E-state index is 11.8. The minimum absolute atomic E-state index is 0.0532. The fraction of sp³-hybridized carbons (Fsp3) is 0.364. The molecule has 1 fully saturated rings. The van der Waals surface area contributed by atoms with Gasteiger partial charge in [-0.25, -0.2) is 4.79 Å². The summed E-state index contributed by atoms with van der Waals surface area (Å²) >= 11 is 2.47. The number of hydrogen-bond donors (Lipinski definition) is 3. The molecule has 0 radical (unpaired) electrons. The van der Waals surface area contributed by atoms with Crippen molar-refractivity contribution >= 4 is 41.3 Å². The Morgan fingerprint density at radius 3 is 2.83 bits per heavy atom. The molecular formula is C11H11N5O5S2. The molecule has 2 aliphatic rings. The van der Waals surface area contributed by atoms with Gasteiger partial charge in [-0.15, -0.1) is 22.0 Å². The fourth-order valence-corrected chi connectivity index (χ4v) is 4.40.